The molecular formula is C13H14O3. The zero-order chi connectivity index (χ0) is 11.5. The Morgan fingerprint density at radius 1 is 1.69 bits per heavy atom. The number of terminal acetylenes is 1. The number of furan rings is 1. The Bertz CT molecular complexity index is 433. The van der Waals surface area contributed by atoms with Crippen molar-refractivity contribution in [2.24, 2.45) is 5.92 Å². The number of carbonyl (C=O) groups excluding carboxylic acids is 1. The Hall–Kier alpha value is -1.69. The number of hydrogen-bond donors (Lipinski definition) is 0. The monoisotopic (exact) mass is 218 g/mol. The van der Waals surface area contributed by atoms with Crippen molar-refractivity contribution >= 4 is 5.97 Å². The van der Waals surface area contributed by atoms with Gasteiger partial charge in [-0.15, -0.1) is 6.42 Å². The quantitative estimate of drug-likeness (QED) is 0.574. The third-order valence-electron chi connectivity index (χ3n) is 2.63. The molecule has 1 heterocycles. The highest BCUT2D eigenvalue weighted by Crippen LogP contribution is 2.30. The first-order valence-corrected chi connectivity index (χ1v) is 5.39. The summed E-state index contributed by atoms with van der Waals surface area (Å²) in [7, 11) is 0. The summed E-state index contributed by atoms with van der Waals surface area (Å²) in [5.74, 6) is 4.07. The molecular weight excluding hydrogens is 204 g/mol. The van der Waals surface area contributed by atoms with E-state index in [-0.39, 0.29) is 18.5 Å². The molecule has 1 aromatic heterocycles. The SMILES string of the molecule is C#CCc1cc(COC(=O)C2CC2)c(C)o1. The van der Waals surface area contributed by atoms with Crippen LogP contribution in [0.5, 0.6) is 0 Å². The van der Waals surface area contributed by atoms with Crippen molar-refractivity contribution in [3.63, 3.8) is 0 Å². The smallest absolute Gasteiger partial charge is 0.309 e. The fourth-order valence-electron chi connectivity index (χ4n) is 1.50. The van der Waals surface area contributed by atoms with Gasteiger partial charge in [-0.3, -0.25) is 4.79 Å². The first-order valence-electron chi connectivity index (χ1n) is 5.39. The fourth-order valence-corrected chi connectivity index (χ4v) is 1.50. The zero-order valence-corrected chi connectivity index (χ0v) is 9.29. The van der Waals surface area contributed by atoms with E-state index >= 15 is 0 Å². The third kappa shape index (κ3) is 2.46. The van der Waals surface area contributed by atoms with Gasteiger partial charge in [0, 0.05) is 5.56 Å². The minimum atomic E-state index is -0.0981. The predicted molar refractivity (Wildman–Crippen MR) is 58.5 cm³/mol. The average Bonchev–Trinajstić information content (AvgIpc) is 3.02. The Kier molecular flexibility index (Phi) is 3.00. The van der Waals surface area contributed by atoms with Crippen molar-refractivity contribution in [3.8, 4) is 12.3 Å². The molecule has 0 amide bonds. The fraction of sp³-hybridized carbons (Fsp3) is 0.462. The number of rotatable bonds is 4. The first-order chi connectivity index (χ1) is 7.70. The highest BCUT2D eigenvalue weighted by Gasteiger charge is 2.31. The summed E-state index contributed by atoms with van der Waals surface area (Å²) < 4.78 is 10.6. The van der Waals surface area contributed by atoms with Gasteiger partial charge in [-0.2, -0.15) is 0 Å². The van der Waals surface area contributed by atoms with Gasteiger partial charge in [0.15, 0.2) is 0 Å². The molecule has 0 atom stereocenters. The molecule has 0 bridgehead atoms. The Morgan fingerprint density at radius 2 is 2.44 bits per heavy atom. The number of carbonyl (C=O) groups is 1. The molecule has 0 spiro atoms. The van der Waals surface area contributed by atoms with Crippen molar-refractivity contribution in [2.45, 2.75) is 32.8 Å². The normalized spacial score (nSPS) is 14.5. The van der Waals surface area contributed by atoms with E-state index in [1.165, 1.54) is 0 Å². The average molecular weight is 218 g/mol. The molecule has 1 saturated carbocycles. The van der Waals surface area contributed by atoms with Crippen molar-refractivity contribution in [3.05, 3.63) is 23.2 Å². The van der Waals surface area contributed by atoms with Crippen LogP contribution in [-0.2, 0) is 22.6 Å². The molecule has 3 heteroatoms. The molecule has 0 aromatic carbocycles. The van der Waals surface area contributed by atoms with Gasteiger partial charge in [0.1, 0.15) is 18.1 Å². The van der Waals surface area contributed by atoms with Crippen LogP contribution in [0.3, 0.4) is 0 Å². The standard InChI is InChI=1S/C13H14O3/c1-3-4-12-7-11(9(2)16-12)8-15-13(14)10-5-6-10/h1,7,10H,4-6,8H2,2H3. The van der Waals surface area contributed by atoms with E-state index in [1.807, 2.05) is 13.0 Å². The van der Waals surface area contributed by atoms with Crippen molar-refractivity contribution < 1.29 is 13.9 Å². The Balaban J connectivity index is 1.92. The van der Waals surface area contributed by atoms with E-state index in [1.54, 1.807) is 0 Å². The summed E-state index contributed by atoms with van der Waals surface area (Å²) in [5, 5.41) is 0. The Labute approximate surface area is 94.8 Å². The maximum absolute atomic E-state index is 11.3. The highest BCUT2D eigenvalue weighted by molar-refractivity contribution is 5.74. The number of hydrogen-bond acceptors (Lipinski definition) is 3. The lowest BCUT2D eigenvalue weighted by atomic mass is 10.2. The molecule has 1 aliphatic rings. The van der Waals surface area contributed by atoms with Crippen LogP contribution in [0.4, 0.5) is 0 Å². The lowest BCUT2D eigenvalue weighted by Crippen LogP contribution is -2.06. The van der Waals surface area contributed by atoms with Crippen LogP contribution < -0.4 is 0 Å². The van der Waals surface area contributed by atoms with E-state index in [9.17, 15) is 4.79 Å². The van der Waals surface area contributed by atoms with E-state index in [2.05, 4.69) is 5.92 Å². The summed E-state index contributed by atoms with van der Waals surface area (Å²) in [6.07, 6.45) is 7.59. The van der Waals surface area contributed by atoms with E-state index < -0.39 is 0 Å². The van der Waals surface area contributed by atoms with Gasteiger partial charge < -0.3 is 9.15 Å². The van der Waals surface area contributed by atoms with Crippen LogP contribution >= 0.6 is 0 Å². The molecule has 0 aliphatic heterocycles. The molecule has 84 valence electrons. The van der Waals surface area contributed by atoms with Gasteiger partial charge in [-0.1, -0.05) is 5.92 Å². The minimum Gasteiger partial charge on any atom is -0.465 e. The lowest BCUT2D eigenvalue weighted by Gasteiger charge is -2.01. The van der Waals surface area contributed by atoms with Crippen LogP contribution in [0, 0.1) is 25.2 Å². The van der Waals surface area contributed by atoms with Crippen LogP contribution in [0.15, 0.2) is 10.5 Å². The van der Waals surface area contributed by atoms with Crippen LogP contribution in [0.2, 0.25) is 0 Å². The molecule has 1 aliphatic carbocycles. The lowest BCUT2D eigenvalue weighted by molar-refractivity contribution is -0.146. The van der Waals surface area contributed by atoms with Gasteiger partial charge in [0.05, 0.1) is 12.3 Å². The van der Waals surface area contributed by atoms with Gasteiger partial charge in [0.2, 0.25) is 0 Å². The number of ether oxygens (including phenoxy) is 1. The Morgan fingerprint density at radius 3 is 3.06 bits per heavy atom. The van der Waals surface area contributed by atoms with Crippen molar-refractivity contribution in [1.29, 1.82) is 0 Å². The van der Waals surface area contributed by atoms with Crippen LogP contribution in [0.1, 0.15) is 29.9 Å². The molecule has 3 nitrogen and oxygen atoms in total. The third-order valence-corrected chi connectivity index (χ3v) is 2.63. The zero-order valence-electron chi connectivity index (χ0n) is 9.29. The predicted octanol–water partition coefficient (Wildman–Crippen LogP) is 2.22. The van der Waals surface area contributed by atoms with E-state index in [0.29, 0.717) is 6.42 Å². The van der Waals surface area contributed by atoms with E-state index in [0.717, 1.165) is 29.9 Å². The highest BCUT2D eigenvalue weighted by atomic mass is 16.5. The van der Waals surface area contributed by atoms with Gasteiger partial charge in [-0.05, 0) is 25.8 Å². The second-order valence-corrected chi connectivity index (χ2v) is 4.06. The maximum atomic E-state index is 11.3. The largest absolute Gasteiger partial charge is 0.465 e. The first kappa shape index (κ1) is 10.8. The van der Waals surface area contributed by atoms with Crippen LogP contribution in [0.25, 0.3) is 0 Å². The van der Waals surface area contributed by atoms with Gasteiger partial charge in [-0.25, -0.2) is 0 Å². The molecule has 1 fully saturated rings. The van der Waals surface area contributed by atoms with Crippen molar-refractivity contribution in [2.75, 3.05) is 0 Å². The molecule has 0 unspecified atom stereocenters. The van der Waals surface area contributed by atoms with E-state index in [4.69, 9.17) is 15.6 Å². The molecule has 0 N–H and O–H groups in total. The molecule has 16 heavy (non-hydrogen) atoms. The maximum Gasteiger partial charge on any atom is 0.309 e. The number of esters is 1. The summed E-state index contributed by atoms with van der Waals surface area (Å²) in [6.45, 7) is 2.13. The molecule has 0 radical (unpaired) electrons. The second kappa shape index (κ2) is 4.44. The molecule has 0 saturated heterocycles. The van der Waals surface area contributed by atoms with Crippen molar-refractivity contribution in [1.82, 2.24) is 0 Å². The summed E-state index contributed by atoms with van der Waals surface area (Å²) in [5.41, 5.74) is 0.902. The summed E-state index contributed by atoms with van der Waals surface area (Å²) in [4.78, 5) is 11.3. The second-order valence-electron chi connectivity index (χ2n) is 4.06. The topological polar surface area (TPSA) is 39.4 Å². The molecule has 2 rings (SSSR count). The summed E-state index contributed by atoms with van der Waals surface area (Å²) >= 11 is 0. The molecule has 1 aromatic rings. The summed E-state index contributed by atoms with van der Waals surface area (Å²) in [6, 6.07) is 1.86. The minimum absolute atomic E-state index is 0.0981. The van der Waals surface area contributed by atoms with Crippen LogP contribution in [-0.4, -0.2) is 5.97 Å². The number of aryl methyl sites for hydroxylation is 1. The van der Waals surface area contributed by atoms with Gasteiger partial charge >= 0.3 is 5.97 Å². The van der Waals surface area contributed by atoms with Gasteiger partial charge in [0.25, 0.3) is 0 Å².